The van der Waals surface area contributed by atoms with E-state index in [1.807, 2.05) is 35.7 Å². The lowest BCUT2D eigenvalue weighted by atomic mass is 9.90. The Hall–Kier alpha value is -2.66. The van der Waals surface area contributed by atoms with Crippen molar-refractivity contribution in [2.75, 3.05) is 5.32 Å². The topological polar surface area (TPSA) is 38.3 Å². The molecule has 0 radical (unpaired) electrons. The van der Waals surface area contributed by atoms with Gasteiger partial charge >= 0.3 is 0 Å². The highest BCUT2D eigenvalue weighted by atomic mass is 32.1. The van der Waals surface area contributed by atoms with E-state index < -0.39 is 0 Å². The summed E-state index contributed by atoms with van der Waals surface area (Å²) >= 11 is 1.64. The fraction of sp³-hybridized carbons (Fsp3) is 0.150. The van der Waals surface area contributed by atoms with Crippen molar-refractivity contribution in [3.8, 4) is 5.75 Å². The third-order valence-corrected chi connectivity index (χ3v) is 5.31. The van der Waals surface area contributed by atoms with Gasteiger partial charge in [0.2, 0.25) is 5.91 Å². The molecule has 1 amide bonds. The number of hydrogen-bond donors (Lipinski definition) is 1. The van der Waals surface area contributed by atoms with E-state index in [-0.39, 0.29) is 17.6 Å². The molecule has 1 aromatic heterocycles. The number of rotatable bonds is 4. The van der Waals surface area contributed by atoms with Gasteiger partial charge in [0, 0.05) is 22.8 Å². The second-order valence-corrected chi connectivity index (χ2v) is 6.90. The number of hydrogen-bond acceptors (Lipinski definition) is 3. The van der Waals surface area contributed by atoms with E-state index in [0.717, 1.165) is 27.4 Å². The maximum Gasteiger partial charge on any atom is 0.225 e. The smallest absolute Gasteiger partial charge is 0.225 e. The molecular formula is C20H16FNO2S. The summed E-state index contributed by atoms with van der Waals surface area (Å²) in [4.78, 5) is 13.2. The van der Waals surface area contributed by atoms with Gasteiger partial charge in [0.1, 0.15) is 18.2 Å². The molecule has 0 fully saturated rings. The van der Waals surface area contributed by atoms with Crippen LogP contribution in [-0.2, 0) is 11.4 Å². The van der Waals surface area contributed by atoms with E-state index in [9.17, 15) is 9.18 Å². The molecule has 126 valence electrons. The molecule has 1 aliphatic rings. The first-order valence-electron chi connectivity index (χ1n) is 8.04. The van der Waals surface area contributed by atoms with Crippen LogP contribution in [0.1, 0.15) is 28.3 Å². The van der Waals surface area contributed by atoms with Gasteiger partial charge in [0.15, 0.2) is 0 Å². The Bertz CT molecular complexity index is 904. The molecule has 0 spiro atoms. The van der Waals surface area contributed by atoms with Crippen LogP contribution in [0.4, 0.5) is 10.1 Å². The number of para-hydroxylation sites is 1. The largest absolute Gasteiger partial charge is 0.489 e. The Kier molecular flexibility index (Phi) is 4.24. The molecule has 2 aromatic carbocycles. The predicted octanol–water partition coefficient (Wildman–Crippen LogP) is 4.94. The Balaban J connectivity index is 1.61. The summed E-state index contributed by atoms with van der Waals surface area (Å²) in [5.41, 5.74) is 2.79. The Labute approximate surface area is 149 Å². The fourth-order valence-electron chi connectivity index (χ4n) is 3.07. The van der Waals surface area contributed by atoms with E-state index in [4.69, 9.17) is 4.74 Å². The van der Waals surface area contributed by atoms with Crippen molar-refractivity contribution < 1.29 is 13.9 Å². The van der Waals surface area contributed by atoms with Crippen LogP contribution in [0, 0.1) is 5.82 Å². The van der Waals surface area contributed by atoms with Crippen molar-refractivity contribution in [2.24, 2.45) is 0 Å². The summed E-state index contributed by atoms with van der Waals surface area (Å²) in [6.07, 6.45) is 0.407. The van der Waals surface area contributed by atoms with Crippen LogP contribution in [0.25, 0.3) is 0 Å². The average molecular weight is 353 g/mol. The SMILES string of the molecule is O=C1CC(c2ccccc2OCc2ccc(F)cc2)c2sccc2N1. The maximum atomic E-state index is 13.0. The number of benzene rings is 2. The average Bonchev–Trinajstić information content (AvgIpc) is 3.09. The van der Waals surface area contributed by atoms with Gasteiger partial charge in [0.05, 0.1) is 5.69 Å². The molecule has 4 rings (SSSR count). The molecular weight excluding hydrogens is 337 g/mol. The summed E-state index contributed by atoms with van der Waals surface area (Å²) in [6, 6.07) is 16.0. The number of nitrogens with one attached hydrogen (secondary N) is 1. The van der Waals surface area contributed by atoms with Gasteiger partial charge in [-0.3, -0.25) is 4.79 Å². The van der Waals surface area contributed by atoms with Gasteiger partial charge in [-0.15, -0.1) is 11.3 Å². The second-order valence-electron chi connectivity index (χ2n) is 5.96. The Morgan fingerprint density at radius 1 is 1.12 bits per heavy atom. The molecule has 0 saturated heterocycles. The minimum atomic E-state index is -0.261. The first-order valence-corrected chi connectivity index (χ1v) is 8.92. The summed E-state index contributed by atoms with van der Waals surface area (Å²) in [5.74, 6) is 0.505. The highest BCUT2D eigenvalue weighted by Gasteiger charge is 2.29. The minimum absolute atomic E-state index is 0.00633. The zero-order valence-electron chi connectivity index (χ0n) is 13.4. The predicted molar refractivity (Wildman–Crippen MR) is 96.6 cm³/mol. The molecule has 25 heavy (non-hydrogen) atoms. The van der Waals surface area contributed by atoms with Crippen LogP contribution < -0.4 is 10.1 Å². The quantitative estimate of drug-likeness (QED) is 0.721. The number of amides is 1. The van der Waals surface area contributed by atoms with Crippen LogP contribution in [0.2, 0.25) is 0 Å². The van der Waals surface area contributed by atoms with E-state index >= 15 is 0 Å². The van der Waals surface area contributed by atoms with Gasteiger partial charge in [-0.05, 0) is 35.2 Å². The van der Waals surface area contributed by atoms with Crippen LogP contribution in [0.15, 0.2) is 60.0 Å². The molecule has 5 heteroatoms. The zero-order valence-corrected chi connectivity index (χ0v) is 14.2. The summed E-state index contributed by atoms with van der Waals surface area (Å²) in [6.45, 7) is 0.355. The molecule has 2 heterocycles. The molecule has 3 aromatic rings. The van der Waals surface area contributed by atoms with Crippen LogP contribution in [0.3, 0.4) is 0 Å². The van der Waals surface area contributed by atoms with Crippen LogP contribution in [0.5, 0.6) is 5.75 Å². The molecule has 0 saturated carbocycles. The Morgan fingerprint density at radius 2 is 1.92 bits per heavy atom. The third kappa shape index (κ3) is 3.28. The van der Waals surface area contributed by atoms with Gasteiger partial charge in [-0.2, -0.15) is 0 Å². The van der Waals surface area contributed by atoms with Crippen molar-refractivity contribution in [1.82, 2.24) is 0 Å². The normalized spacial score (nSPS) is 16.2. The molecule has 0 bridgehead atoms. The van der Waals surface area contributed by atoms with Crippen LogP contribution >= 0.6 is 11.3 Å². The molecule has 1 N–H and O–H groups in total. The minimum Gasteiger partial charge on any atom is -0.489 e. The summed E-state index contributed by atoms with van der Waals surface area (Å²) < 4.78 is 19.0. The third-order valence-electron chi connectivity index (χ3n) is 4.28. The number of ether oxygens (including phenoxy) is 1. The highest BCUT2D eigenvalue weighted by molar-refractivity contribution is 7.10. The molecule has 0 aliphatic carbocycles. The molecule has 3 nitrogen and oxygen atoms in total. The standard InChI is InChI=1S/C20H16FNO2S/c21-14-7-5-13(6-8-14)12-24-18-4-2-1-3-15(18)16-11-19(23)22-17-9-10-25-20(16)17/h1-10,16H,11-12H2,(H,22,23). The lowest BCUT2D eigenvalue weighted by molar-refractivity contribution is -0.116. The number of fused-ring (bicyclic) bond motifs is 1. The van der Waals surface area contributed by atoms with Crippen molar-refractivity contribution in [3.63, 3.8) is 0 Å². The van der Waals surface area contributed by atoms with E-state index in [0.29, 0.717) is 13.0 Å². The number of anilines is 1. The molecule has 1 aliphatic heterocycles. The fourth-order valence-corrected chi connectivity index (χ4v) is 4.04. The number of carbonyl (C=O) groups excluding carboxylic acids is 1. The van der Waals surface area contributed by atoms with Crippen molar-refractivity contribution in [2.45, 2.75) is 18.9 Å². The van der Waals surface area contributed by atoms with Crippen molar-refractivity contribution in [3.05, 3.63) is 81.8 Å². The number of thiophene rings is 1. The van der Waals surface area contributed by atoms with E-state index in [1.165, 1.54) is 12.1 Å². The lowest BCUT2D eigenvalue weighted by Crippen LogP contribution is -2.22. The Morgan fingerprint density at radius 3 is 2.76 bits per heavy atom. The first-order chi connectivity index (χ1) is 12.2. The first kappa shape index (κ1) is 15.8. The second kappa shape index (κ2) is 6.69. The van der Waals surface area contributed by atoms with Gasteiger partial charge in [0.25, 0.3) is 0 Å². The highest BCUT2D eigenvalue weighted by Crippen LogP contribution is 2.43. The molecule has 1 unspecified atom stereocenters. The summed E-state index contributed by atoms with van der Waals surface area (Å²) in [5, 5.41) is 4.91. The van der Waals surface area contributed by atoms with Crippen LogP contribution in [-0.4, -0.2) is 5.91 Å². The number of halogens is 1. The van der Waals surface area contributed by atoms with Gasteiger partial charge in [-0.25, -0.2) is 4.39 Å². The molecule has 1 atom stereocenters. The zero-order chi connectivity index (χ0) is 17.2. The monoisotopic (exact) mass is 353 g/mol. The van der Waals surface area contributed by atoms with Crippen molar-refractivity contribution >= 4 is 22.9 Å². The number of carbonyl (C=O) groups is 1. The van der Waals surface area contributed by atoms with Crippen molar-refractivity contribution in [1.29, 1.82) is 0 Å². The van der Waals surface area contributed by atoms with Gasteiger partial charge in [-0.1, -0.05) is 30.3 Å². The van der Waals surface area contributed by atoms with Gasteiger partial charge < -0.3 is 10.1 Å². The maximum absolute atomic E-state index is 13.0. The van der Waals surface area contributed by atoms with E-state index in [1.54, 1.807) is 23.5 Å². The van der Waals surface area contributed by atoms with E-state index in [2.05, 4.69) is 5.32 Å². The summed E-state index contributed by atoms with van der Waals surface area (Å²) in [7, 11) is 0. The lowest BCUT2D eigenvalue weighted by Gasteiger charge is -2.24.